The van der Waals surface area contributed by atoms with Gasteiger partial charge >= 0.3 is 6.09 Å². The molecule has 5 rings (SSSR count). The average molecular weight is 521 g/mol. The standard InChI is InChI=1S/C23H32N6O6S/c1-22(2,3)34-21(30)28-35-12-6-7-13(8-12)36-9-14-16-17(33-23(4,5)32-16)20(31-14)29-11-27-15-18(24)25-10-26-19(15)29/h6-7,10-14,16-17,20H,8-9H2,1-5H3,(H,28,30)(H2,24,25,26)/t12-,13-,14-,16-,17-,20-/m1/s1. The quantitative estimate of drug-likeness (QED) is 0.428. The Hall–Kier alpha value is -2.45. The topological polar surface area (TPSA) is 145 Å². The summed E-state index contributed by atoms with van der Waals surface area (Å²) in [6.45, 7) is 9.20. The molecular formula is C23H32N6O6S. The van der Waals surface area contributed by atoms with Crippen molar-refractivity contribution in [2.45, 2.75) is 88.3 Å². The Bertz CT molecular complexity index is 1150. The molecule has 0 radical (unpaired) electrons. The lowest BCUT2D eigenvalue weighted by Gasteiger charge is -2.25. The largest absolute Gasteiger partial charge is 0.442 e. The predicted octanol–water partition coefficient (Wildman–Crippen LogP) is 2.71. The van der Waals surface area contributed by atoms with Crippen molar-refractivity contribution < 1.29 is 28.6 Å². The number of imidazole rings is 1. The second kappa shape index (κ2) is 9.45. The van der Waals surface area contributed by atoms with E-state index in [0.29, 0.717) is 22.7 Å². The summed E-state index contributed by atoms with van der Waals surface area (Å²) in [4.78, 5) is 30.1. The number of thioether (sulfide) groups is 1. The molecule has 36 heavy (non-hydrogen) atoms. The van der Waals surface area contributed by atoms with Crippen LogP contribution in [0.2, 0.25) is 0 Å². The summed E-state index contributed by atoms with van der Waals surface area (Å²) < 4.78 is 26.0. The van der Waals surface area contributed by atoms with Crippen LogP contribution in [-0.2, 0) is 23.8 Å². The zero-order valence-corrected chi connectivity index (χ0v) is 21.7. The maximum atomic E-state index is 11.8. The minimum Gasteiger partial charge on any atom is -0.442 e. The molecule has 2 aromatic heterocycles. The number of carbonyl (C=O) groups is 1. The van der Waals surface area contributed by atoms with Gasteiger partial charge in [0.25, 0.3) is 0 Å². The van der Waals surface area contributed by atoms with E-state index in [0.717, 1.165) is 6.42 Å². The average Bonchev–Trinajstić information content (AvgIpc) is 3.53. The smallest absolute Gasteiger partial charge is 0.431 e. The number of aromatic nitrogens is 4. The number of nitrogens with two attached hydrogens (primary N) is 1. The number of nitrogen functional groups attached to an aromatic ring is 1. The molecule has 6 atom stereocenters. The molecule has 0 unspecified atom stereocenters. The Morgan fingerprint density at radius 3 is 2.81 bits per heavy atom. The first-order valence-corrected chi connectivity index (χ1v) is 12.9. The normalized spacial score (nSPS) is 31.1. The molecule has 196 valence electrons. The first-order chi connectivity index (χ1) is 17.0. The van der Waals surface area contributed by atoms with Crippen molar-refractivity contribution in [2.75, 3.05) is 11.5 Å². The Labute approximate surface area is 213 Å². The van der Waals surface area contributed by atoms with Crippen molar-refractivity contribution >= 4 is 34.8 Å². The third kappa shape index (κ3) is 5.30. The number of amides is 1. The Morgan fingerprint density at radius 1 is 1.25 bits per heavy atom. The molecule has 4 heterocycles. The third-order valence-corrected chi connectivity index (χ3v) is 7.26. The van der Waals surface area contributed by atoms with E-state index >= 15 is 0 Å². The van der Waals surface area contributed by atoms with Crippen LogP contribution in [0.1, 0.15) is 47.3 Å². The van der Waals surface area contributed by atoms with Gasteiger partial charge < -0.3 is 24.7 Å². The highest BCUT2D eigenvalue weighted by atomic mass is 32.2. The van der Waals surface area contributed by atoms with Crippen molar-refractivity contribution in [1.29, 1.82) is 0 Å². The van der Waals surface area contributed by atoms with Crippen LogP contribution in [0.5, 0.6) is 0 Å². The van der Waals surface area contributed by atoms with Crippen LogP contribution in [0.4, 0.5) is 10.6 Å². The van der Waals surface area contributed by atoms with Gasteiger partial charge in [0.2, 0.25) is 0 Å². The predicted molar refractivity (Wildman–Crippen MR) is 132 cm³/mol. The molecule has 0 saturated carbocycles. The fraction of sp³-hybridized carbons (Fsp3) is 0.652. The molecule has 13 heteroatoms. The molecule has 12 nitrogen and oxygen atoms in total. The van der Waals surface area contributed by atoms with Crippen LogP contribution in [0.3, 0.4) is 0 Å². The van der Waals surface area contributed by atoms with E-state index in [1.54, 1.807) is 38.9 Å². The number of fused-ring (bicyclic) bond motifs is 2. The minimum absolute atomic E-state index is 0.202. The van der Waals surface area contributed by atoms with E-state index in [2.05, 4.69) is 26.5 Å². The monoisotopic (exact) mass is 520 g/mol. The van der Waals surface area contributed by atoms with E-state index in [4.69, 9.17) is 29.5 Å². The van der Waals surface area contributed by atoms with Gasteiger partial charge in [0.15, 0.2) is 23.5 Å². The fourth-order valence-electron chi connectivity index (χ4n) is 4.56. The van der Waals surface area contributed by atoms with E-state index in [-0.39, 0.29) is 29.7 Å². The maximum absolute atomic E-state index is 11.8. The summed E-state index contributed by atoms with van der Waals surface area (Å²) in [5, 5.41) is 0.202. The number of nitrogens with one attached hydrogen (secondary N) is 1. The van der Waals surface area contributed by atoms with Gasteiger partial charge in [-0.1, -0.05) is 12.2 Å². The highest BCUT2D eigenvalue weighted by Crippen LogP contribution is 2.45. The first kappa shape index (κ1) is 25.2. The van der Waals surface area contributed by atoms with E-state index in [9.17, 15) is 4.79 Å². The van der Waals surface area contributed by atoms with Gasteiger partial charge in [-0.25, -0.2) is 19.7 Å². The number of hydroxylamine groups is 1. The molecule has 2 aliphatic heterocycles. The lowest BCUT2D eigenvalue weighted by Crippen LogP contribution is -2.34. The van der Waals surface area contributed by atoms with E-state index in [1.165, 1.54) is 6.33 Å². The Morgan fingerprint density at radius 2 is 2.03 bits per heavy atom. The highest BCUT2D eigenvalue weighted by molar-refractivity contribution is 8.00. The number of rotatable bonds is 6. The van der Waals surface area contributed by atoms with E-state index < -0.39 is 23.7 Å². The summed E-state index contributed by atoms with van der Waals surface area (Å²) in [6, 6.07) is 0. The van der Waals surface area contributed by atoms with Crippen LogP contribution in [-0.4, -0.2) is 72.4 Å². The molecule has 0 spiro atoms. The highest BCUT2D eigenvalue weighted by Gasteiger charge is 2.56. The van der Waals surface area contributed by atoms with Gasteiger partial charge in [-0.2, -0.15) is 17.2 Å². The minimum atomic E-state index is -0.732. The van der Waals surface area contributed by atoms with Crippen LogP contribution in [0.25, 0.3) is 11.2 Å². The molecule has 2 saturated heterocycles. The van der Waals surface area contributed by atoms with Crippen LogP contribution in [0, 0.1) is 0 Å². The number of carbonyl (C=O) groups excluding carboxylic acids is 1. The molecule has 3 aliphatic rings. The van der Waals surface area contributed by atoms with Crippen LogP contribution in [0.15, 0.2) is 24.8 Å². The van der Waals surface area contributed by atoms with E-state index in [1.807, 2.05) is 24.5 Å². The molecule has 3 N–H and O–H groups in total. The molecule has 0 aromatic carbocycles. The van der Waals surface area contributed by atoms with Crippen molar-refractivity contribution in [3.63, 3.8) is 0 Å². The number of nitrogens with zero attached hydrogens (tertiary/aromatic N) is 4. The van der Waals surface area contributed by atoms with Crippen molar-refractivity contribution in [2.24, 2.45) is 0 Å². The SMILES string of the molecule is CC(C)(C)OC(=O)NO[C@@H]1C=C[C@@H](SC[C@H]2O[C@@H](n3cnc4c(N)ncnc43)[C@@H]3OC(C)(C)O[C@@H]32)C1. The lowest BCUT2D eigenvalue weighted by molar-refractivity contribution is -0.193. The molecular weight excluding hydrogens is 488 g/mol. The maximum Gasteiger partial charge on any atom is 0.431 e. The zero-order valence-electron chi connectivity index (χ0n) is 20.9. The molecule has 2 fully saturated rings. The number of hydrogen-bond acceptors (Lipinski definition) is 11. The summed E-state index contributed by atoms with van der Waals surface area (Å²) >= 11 is 1.74. The Kier molecular flexibility index (Phi) is 6.62. The molecule has 0 bridgehead atoms. The third-order valence-electron chi connectivity index (χ3n) is 5.96. The second-order valence-electron chi connectivity index (χ2n) is 10.5. The number of hydrogen-bond donors (Lipinski definition) is 2. The van der Waals surface area contributed by atoms with Gasteiger partial charge in [0, 0.05) is 11.0 Å². The molecule has 1 amide bonds. The lowest BCUT2D eigenvalue weighted by atomic mass is 10.1. The number of ether oxygens (including phenoxy) is 4. The summed E-state index contributed by atoms with van der Waals surface area (Å²) in [6.07, 6.45) is 5.71. The summed E-state index contributed by atoms with van der Waals surface area (Å²) in [7, 11) is 0. The number of anilines is 1. The molecule has 2 aromatic rings. The van der Waals surface area contributed by atoms with Gasteiger partial charge in [0.1, 0.15) is 35.8 Å². The first-order valence-electron chi connectivity index (χ1n) is 11.9. The van der Waals surface area contributed by atoms with Gasteiger partial charge in [0.05, 0.1) is 12.4 Å². The van der Waals surface area contributed by atoms with Gasteiger partial charge in [-0.15, -0.1) is 0 Å². The van der Waals surface area contributed by atoms with Crippen molar-refractivity contribution in [1.82, 2.24) is 25.0 Å². The van der Waals surface area contributed by atoms with Crippen LogP contribution >= 0.6 is 11.8 Å². The van der Waals surface area contributed by atoms with Gasteiger partial charge in [-0.3, -0.25) is 9.40 Å². The summed E-state index contributed by atoms with van der Waals surface area (Å²) in [5.74, 6) is 0.266. The van der Waals surface area contributed by atoms with Crippen molar-refractivity contribution in [3.05, 3.63) is 24.8 Å². The van der Waals surface area contributed by atoms with Crippen LogP contribution < -0.4 is 11.2 Å². The Balaban J connectivity index is 1.20. The second-order valence-corrected chi connectivity index (χ2v) is 11.7. The fourth-order valence-corrected chi connectivity index (χ4v) is 5.79. The van der Waals surface area contributed by atoms with Gasteiger partial charge in [-0.05, 0) is 41.0 Å². The molecule has 1 aliphatic carbocycles. The zero-order chi connectivity index (χ0) is 25.7. The summed E-state index contributed by atoms with van der Waals surface area (Å²) in [5.41, 5.74) is 8.86. The van der Waals surface area contributed by atoms with Crippen molar-refractivity contribution in [3.8, 4) is 0 Å².